The number of nitrogens with one attached hydrogen (secondary N) is 2. The SMILES string of the molecule is CCN(CC(=O)Nc1ccccc1C(F)(F)F)[C@H](C)C(=O)NC(N)=O. The average Bonchev–Trinajstić information content (AvgIpc) is 2.50. The fraction of sp³-hybridized carbons (Fsp3) is 0.400. The van der Waals surface area contributed by atoms with Crippen molar-refractivity contribution in [2.45, 2.75) is 26.1 Å². The van der Waals surface area contributed by atoms with Gasteiger partial charge < -0.3 is 11.1 Å². The highest BCUT2D eigenvalue weighted by Crippen LogP contribution is 2.34. The van der Waals surface area contributed by atoms with Crippen LogP contribution in [-0.2, 0) is 15.8 Å². The molecule has 0 aliphatic carbocycles. The van der Waals surface area contributed by atoms with Crippen LogP contribution < -0.4 is 16.4 Å². The summed E-state index contributed by atoms with van der Waals surface area (Å²) in [7, 11) is 0. The van der Waals surface area contributed by atoms with Gasteiger partial charge in [-0.3, -0.25) is 19.8 Å². The molecule has 4 N–H and O–H groups in total. The van der Waals surface area contributed by atoms with E-state index in [0.29, 0.717) is 0 Å². The predicted molar refractivity (Wildman–Crippen MR) is 84.5 cm³/mol. The molecule has 0 radical (unpaired) electrons. The lowest BCUT2D eigenvalue weighted by Gasteiger charge is -2.26. The first-order valence-electron chi connectivity index (χ1n) is 7.36. The first kappa shape index (κ1) is 20.4. The van der Waals surface area contributed by atoms with Crippen LogP contribution in [0.2, 0.25) is 0 Å². The van der Waals surface area contributed by atoms with E-state index in [1.54, 1.807) is 6.92 Å². The predicted octanol–water partition coefficient (Wildman–Crippen LogP) is 1.55. The van der Waals surface area contributed by atoms with E-state index in [1.807, 2.05) is 5.32 Å². The molecule has 4 amide bonds. The van der Waals surface area contributed by atoms with Crippen LogP contribution in [0.5, 0.6) is 0 Å². The third-order valence-electron chi connectivity index (χ3n) is 3.43. The average molecular weight is 360 g/mol. The molecular weight excluding hydrogens is 341 g/mol. The van der Waals surface area contributed by atoms with E-state index in [0.717, 1.165) is 12.1 Å². The van der Waals surface area contributed by atoms with Crippen LogP contribution in [0.25, 0.3) is 0 Å². The molecule has 0 aliphatic rings. The van der Waals surface area contributed by atoms with Gasteiger partial charge in [-0.15, -0.1) is 0 Å². The van der Waals surface area contributed by atoms with Crippen molar-refractivity contribution in [3.05, 3.63) is 29.8 Å². The number of rotatable bonds is 6. The zero-order valence-corrected chi connectivity index (χ0v) is 13.7. The quantitative estimate of drug-likeness (QED) is 0.716. The van der Waals surface area contributed by atoms with Gasteiger partial charge in [0.25, 0.3) is 0 Å². The van der Waals surface area contributed by atoms with Crippen LogP contribution in [0, 0.1) is 0 Å². The number of carbonyl (C=O) groups excluding carboxylic acids is 3. The highest BCUT2D eigenvalue weighted by Gasteiger charge is 2.33. The Morgan fingerprint density at radius 1 is 1.24 bits per heavy atom. The van der Waals surface area contributed by atoms with Crippen LogP contribution in [0.3, 0.4) is 0 Å². The molecule has 0 saturated heterocycles. The summed E-state index contributed by atoms with van der Waals surface area (Å²) < 4.78 is 38.8. The summed E-state index contributed by atoms with van der Waals surface area (Å²) in [6.45, 7) is 3.02. The third kappa shape index (κ3) is 6.07. The summed E-state index contributed by atoms with van der Waals surface area (Å²) in [6.07, 6.45) is -4.61. The van der Waals surface area contributed by atoms with Gasteiger partial charge in [-0.05, 0) is 25.6 Å². The van der Waals surface area contributed by atoms with Crippen molar-refractivity contribution in [3.8, 4) is 0 Å². The minimum atomic E-state index is -4.61. The Kier molecular flexibility index (Phi) is 6.92. The second-order valence-corrected chi connectivity index (χ2v) is 5.18. The molecule has 1 aromatic carbocycles. The van der Waals surface area contributed by atoms with Gasteiger partial charge in [-0.2, -0.15) is 13.2 Å². The number of para-hydroxylation sites is 1. The number of amides is 4. The maximum atomic E-state index is 12.9. The second-order valence-electron chi connectivity index (χ2n) is 5.18. The molecule has 0 aromatic heterocycles. The topological polar surface area (TPSA) is 105 Å². The fourth-order valence-electron chi connectivity index (χ4n) is 2.13. The van der Waals surface area contributed by atoms with Gasteiger partial charge in [0.15, 0.2) is 0 Å². The van der Waals surface area contributed by atoms with Gasteiger partial charge in [-0.25, -0.2) is 4.79 Å². The maximum Gasteiger partial charge on any atom is 0.418 e. The van der Waals surface area contributed by atoms with Crippen LogP contribution in [0.4, 0.5) is 23.7 Å². The number of halogens is 3. The lowest BCUT2D eigenvalue weighted by atomic mass is 10.1. The molecule has 1 aromatic rings. The van der Waals surface area contributed by atoms with Gasteiger partial charge in [0.1, 0.15) is 0 Å². The summed E-state index contributed by atoms with van der Waals surface area (Å²) >= 11 is 0. The van der Waals surface area contributed by atoms with E-state index < -0.39 is 35.6 Å². The van der Waals surface area contributed by atoms with Crippen molar-refractivity contribution in [3.63, 3.8) is 0 Å². The number of hydrogen-bond donors (Lipinski definition) is 3. The number of likely N-dealkylation sites (N-methyl/N-ethyl adjacent to an activating group) is 1. The van der Waals surface area contributed by atoms with Crippen molar-refractivity contribution in [1.29, 1.82) is 0 Å². The number of carbonyl (C=O) groups is 3. The Labute approximate surface area is 142 Å². The number of nitrogens with zero attached hydrogens (tertiary/aromatic N) is 1. The number of nitrogens with two attached hydrogens (primary N) is 1. The van der Waals surface area contributed by atoms with Crippen molar-refractivity contribution in [2.75, 3.05) is 18.4 Å². The molecule has 1 rings (SSSR count). The number of alkyl halides is 3. The van der Waals surface area contributed by atoms with Gasteiger partial charge in [-0.1, -0.05) is 19.1 Å². The molecule has 138 valence electrons. The van der Waals surface area contributed by atoms with Crippen molar-refractivity contribution in [1.82, 2.24) is 10.2 Å². The molecule has 1 atom stereocenters. The highest BCUT2D eigenvalue weighted by molar-refractivity contribution is 5.97. The largest absolute Gasteiger partial charge is 0.418 e. The molecule has 0 saturated carbocycles. The number of anilines is 1. The second kappa shape index (κ2) is 8.47. The fourth-order valence-corrected chi connectivity index (χ4v) is 2.13. The minimum Gasteiger partial charge on any atom is -0.351 e. The summed E-state index contributed by atoms with van der Waals surface area (Å²) in [5.74, 6) is -1.44. The number of hydrogen-bond acceptors (Lipinski definition) is 4. The van der Waals surface area contributed by atoms with E-state index in [1.165, 1.54) is 24.0 Å². The van der Waals surface area contributed by atoms with Gasteiger partial charge in [0.2, 0.25) is 11.8 Å². The minimum absolute atomic E-state index is 0.252. The monoisotopic (exact) mass is 360 g/mol. The Balaban J connectivity index is 2.81. The van der Waals surface area contributed by atoms with Gasteiger partial charge >= 0.3 is 12.2 Å². The normalized spacial score (nSPS) is 12.6. The molecule has 0 fully saturated rings. The summed E-state index contributed by atoms with van der Waals surface area (Å²) in [5, 5.41) is 4.08. The molecule has 0 spiro atoms. The lowest BCUT2D eigenvalue weighted by molar-refractivity contribution is -0.137. The smallest absolute Gasteiger partial charge is 0.351 e. The first-order valence-corrected chi connectivity index (χ1v) is 7.36. The maximum absolute atomic E-state index is 12.9. The Bertz CT molecular complexity index is 649. The molecule has 0 bridgehead atoms. The number of imide groups is 1. The zero-order chi connectivity index (χ0) is 19.2. The van der Waals surface area contributed by atoms with Crippen LogP contribution in [0.1, 0.15) is 19.4 Å². The van der Waals surface area contributed by atoms with Crippen molar-refractivity contribution < 1.29 is 27.6 Å². The molecule has 0 aliphatic heterocycles. The number of primary amides is 1. The number of urea groups is 1. The standard InChI is InChI=1S/C15H19F3N4O3/c1-3-22(9(2)13(24)21-14(19)25)8-12(23)20-11-7-5-4-6-10(11)15(16,17)18/h4-7,9H,3,8H2,1-2H3,(H,20,23)(H3,19,21,24,25)/t9-/m1/s1. The Morgan fingerprint density at radius 3 is 2.36 bits per heavy atom. The third-order valence-corrected chi connectivity index (χ3v) is 3.43. The highest BCUT2D eigenvalue weighted by atomic mass is 19.4. The zero-order valence-electron chi connectivity index (χ0n) is 13.7. The van der Waals surface area contributed by atoms with Gasteiger partial charge in [0, 0.05) is 0 Å². The Hall–Kier alpha value is -2.62. The van der Waals surface area contributed by atoms with Crippen molar-refractivity contribution in [2.24, 2.45) is 5.73 Å². The summed E-state index contributed by atoms with van der Waals surface area (Å²) in [6, 6.07) is 2.67. The molecule has 0 heterocycles. The van der Waals surface area contributed by atoms with Gasteiger partial charge in [0.05, 0.1) is 23.8 Å². The van der Waals surface area contributed by atoms with Crippen LogP contribution >= 0.6 is 0 Å². The van der Waals surface area contributed by atoms with Crippen molar-refractivity contribution >= 4 is 23.5 Å². The molecule has 10 heteroatoms. The first-order chi connectivity index (χ1) is 11.6. The van der Waals surface area contributed by atoms with E-state index in [-0.39, 0.29) is 18.8 Å². The van der Waals surface area contributed by atoms with E-state index in [2.05, 4.69) is 5.32 Å². The summed E-state index contributed by atoms with van der Waals surface area (Å²) in [4.78, 5) is 35.9. The van der Waals surface area contributed by atoms with E-state index in [9.17, 15) is 27.6 Å². The van der Waals surface area contributed by atoms with Crippen LogP contribution in [-0.4, -0.2) is 41.9 Å². The van der Waals surface area contributed by atoms with E-state index in [4.69, 9.17) is 5.73 Å². The van der Waals surface area contributed by atoms with E-state index >= 15 is 0 Å². The van der Waals surface area contributed by atoms with Crippen LogP contribution in [0.15, 0.2) is 24.3 Å². The molecule has 0 unspecified atom stereocenters. The molecule has 25 heavy (non-hydrogen) atoms. The summed E-state index contributed by atoms with van der Waals surface area (Å²) in [5.41, 5.74) is 3.52. The molecule has 7 nitrogen and oxygen atoms in total. The Morgan fingerprint density at radius 2 is 1.84 bits per heavy atom. The molecular formula is C15H19F3N4O3. The number of benzene rings is 1. The lowest BCUT2D eigenvalue weighted by Crippen LogP contribution is -2.50.